The Balaban J connectivity index is 2.66. The summed E-state index contributed by atoms with van der Waals surface area (Å²) >= 11 is 23.5. The quantitative estimate of drug-likeness (QED) is 0.609. The van der Waals surface area contributed by atoms with Crippen LogP contribution in [0.2, 0.25) is 0 Å². The Morgan fingerprint density at radius 3 is 2.53 bits per heavy atom. The van der Waals surface area contributed by atoms with Gasteiger partial charge in [0.2, 0.25) is 3.67 Å². The highest BCUT2D eigenvalue weighted by Crippen LogP contribution is 2.43. The van der Waals surface area contributed by atoms with E-state index < -0.39 is 20.3 Å². The van der Waals surface area contributed by atoms with Crippen molar-refractivity contribution < 1.29 is 9.18 Å². The Morgan fingerprint density at radius 2 is 2.00 bits per heavy atom. The molecule has 0 radical (unpaired) electrons. The third-order valence-electron chi connectivity index (χ3n) is 1.91. The molecular weight excluding hydrogens is 357 g/mol. The fourth-order valence-electron chi connectivity index (χ4n) is 1.02. The Labute approximate surface area is 134 Å². The SMILES string of the molecule is CN(SC(Cl)(Cl)C(Cl)Cl)C(=O)Nc1ccccc1F. The Bertz CT molecular complexity index is 461. The molecule has 1 N–H and O–H groups in total. The van der Waals surface area contributed by atoms with Crippen LogP contribution in [0.15, 0.2) is 24.3 Å². The zero-order valence-electron chi connectivity index (χ0n) is 9.54. The van der Waals surface area contributed by atoms with Gasteiger partial charge in [0.05, 0.1) is 5.69 Å². The second kappa shape index (κ2) is 7.09. The number of hydrogen-bond acceptors (Lipinski definition) is 2. The molecule has 0 atom stereocenters. The van der Waals surface area contributed by atoms with Gasteiger partial charge in [-0.3, -0.25) is 4.31 Å². The molecular formula is C10H9Cl4FN2OS. The molecule has 0 heterocycles. The summed E-state index contributed by atoms with van der Waals surface area (Å²) in [5.41, 5.74) is 0.0444. The maximum atomic E-state index is 13.3. The van der Waals surface area contributed by atoms with E-state index in [1.54, 1.807) is 6.07 Å². The van der Waals surface area contributed by atoms with E-state index in [2.05, 4.69) is 5.32 Å². The summed E-state index contributed by atoms with van der Waals surface area (Å²) in [6.45, 7) is 0. The molecule has 0 unspecified atom stereocenters. The van der Waals surface area contributed by atoms with Crippen molar-refractivity contribution in [2.45, 2.75) is 8.50 Å². The number of alkyl halides is 4. The van der Waals surface area contributed by atoms with Gasteiger partial charge < -0.3 is 5.32 Å². The van der Waals surface area contributed by atoms with Gasteiger partial charge in [-0.2, -0.15) is 0 Å². The first kappa shape index (κ1) is 17.0. The number of carbonyl (C=O) groups excluding carboxylic acids is 1. The number of anilines is 1. The highest BCUT2D eigenvalue weighted by Gasteiger charge is 2.36. The molecule has 19 heavy (non-hydrogen) atoms. The van der Waals surface area contributed by atoms with E-state index in [0.29, 0.717) is 11.9 Å². The van der Waals surface area contributed by atoms with Crippen molar-refractivity contribution in [3.8, 4) is 0 Å². The number of amides is 2. The van der Waals surface area contributed by atoms with Crippen LogP contribution >= 0.6 is 58.4 Å². The molecule has 0 aliphatic heterocycles. The van der Waals surface area contributed by atoms with Crippen molar-refractivity contribution in [1.82, 2.24) is 4.31 Å². The first-order chi connectivity index (χ1) is 8.74. The Kier molecular flexibility index (Phi) is 6.33. The van der Waals surface area contributed by atoms with Crippen LogP contribution in [-0.2, 0) is 0 Å². The fraction of sp³-hybridized carbons (Fsp3) is 0.300. The van der Waals surface area contributed by atoms with Crippen LogP contribution in [0, 0.1) is 5.82 Å². The van der Waals surface area contributed by atoms with Gasteiger partial charge in [-0.1, -0.05) is 35.3 Å². The summed E-state index contributed by atoms with van der Waals surface area (Å²) < 4.78 is 12.8. The summed E-state index contributed by atoms with van der Waals surface area (Å²) in [7, 11) is 1.40. The van der Waals surface area contributed by atoms with Crippen LogP contribution in [-0.4, -0.2) is 25.9 Å². The summed E-state index contributed by atoms with van der Waals surface area (Å²) in [5.74, 6) is -0.551. The third kappa shape index (κ3) is 5.08. The maximum absolute atomic E-state index is 13.3. The topological polar surface area (TPSA) is 32.3 Å². The lowest BCUT2D eigenvalue weighted by molar-refractivity contribution is 0.242. The number of para-hydroxylation sites is 1. The van der Waals surface area contributed by atoms with Gasteiger partial charge in [0.15, 0.2) is 4.84 Å². The van der Waals surface area contributed by atoms with Gasteiger partial charge in [0, 0.05) is 7.05 Å². The lowest BCUT2D eigenvalue weighted by atomic mass is 10.3. The second-order valence-electron chi connectivity index (χ2n) is 3.36. The summed E-state index contributed by atoms with van der Waals surface area (Å²) in [4.78, 5) is 10.7. The van der Waals surface area contributed by atoms with Crippen molar-refractivity contribution >= 4 is 70.1 Å². The average molecular weight is 366 g/mol. The van der Waals surface area contributed by atoms with E-state index in [-0.39, 0.29) is 5.69 Å². The van der Waals surface area contributed by atoms with E-state index >= 15 is 0 Å². The number of carbonyl (C=O) groups is 1. The van der Waals surface area contributed by atoms with Gasteiger partial charge in [-0.15, -0.1) is 23.2 Å². The monoisotopic (exact) mass is 364 g/mol. The largest absolute Gasteiger partial charge is 0.331 e. The number of rotatable bonds is 4. The van der Waals surface area contributed by atoms with Crippen LogP contribution in [0.25, 0.3) is 0 Å². The van der Waals surface area contributed by atoms with Crippen molar-refractivity contribution in [2.75, 3.05) is 12.4 Å². The minimum absolute atomic E-state index is 0.0444. The van der Waals surface area contributed by atoms with E-state index in [1.165, 1.54) is 25.2 Å². The standard InChI is InChI=1S/C10H9Cl4FN2OS/c1-17(19-10(13,14)8(11)12)9(18)16-7-5-3-2-4-6(7)15/h2-5,8H,1H3,(H,16,18). The summed E-state index contributed by atoms with van der Waals surface area (Å²) in [5, 5.41) is 2.36. The summed E-state index contributed by atoms with van der Waals surface area (Å²) in [6, 6.07) is 5.13. The molecule has 2 amide bonds. The van der Waals surface area contributed by atoms with Crippen LogP contribution < -0.4 is 5.32 Å². The number of nitrogens with one attached hydrogen (secondary N) is 1. The lowest BCUT2D eigenvalue weighted by Crippen LogP contribution is -2.31. The van der Waals surface area contributed by atoms with E-state index in [1.807, 2.05) is 0 Å². The molecule has 9 heteroatoms. The first-order valence-electron chi connectivity index (χ1n) is 4.88. The molecule has 0 aliphatic carbocycles. The van der Waals surface area contributed by atoms with Gasteiger partial charge in [-0.25, -0.2) is 9.18 Å². The molecule has 1 rings (SSSR count). The highest BCUT2D eigenvalue weighted by atomic mass is 35.5. The molecule has 3 nitrogen and oxygen atoms in total. The van der Waals surface area contributed by atoms with E-state index in [4.69, 9.17) is 46.4 Å². The first-order valence-corrected chi connectivity index (χ1v) is 7.28. The number of urea groups is 1. The van der Waals surface area contributed by atoms with Crippen LogP contribution in [0.4, 0.5) is 14.9 Å². The zero-order valence-corrected chi connectivity index (χ0v) is 13.4. The Morgan fingerprint density at radius 1 is 1.42 bits per heavy atom. The number of benzene rings is 1. The summed E-state index contributed by atoms with van der Waals surface area (Å²) in [6.07, 6.45) is 0. The average Bonchev–Trinajstić information content (AvgIpc) is 2.31. The molecule has 0 spiro atoms. The van der Waals surface area contributed by atoms with Gasteiger partial charge in [0.25, 0.3) is 0 Å². The molecule has 0 fully saturated rings. The maximum Gasteiger partial charge on any atom is 0.331 e. The lowest BCUT2D eigenvalue weighted by Gasteiger charge is -2.25. The minimum Gasteiger partial charge on any atom is -0.304 e. The molecule has 0 aliphatic rings. The molecule has 0 saturated carbocycles. The fourth-order valence-corrected chi connectivity index (χ4v) is 2.45. The predicted molar refractivity (Wildman–Crippen MR) is 80.7 cm³/mol. The number of halogens is 5. The molecule has 106 valence electrons. The van der Waals surface area contributed by atoms with Crippen molar-refractivity contribution in [1.29, 1.82) is 0 Å². The predicted octanol–water partition coefficient (Wildman–Crippen LogP) is 4.87. The molecule has 0 bridgehead atoms. The molecule has 1 aromatic rings. The molecule has 1 aromatic carbocycles. The third-order valence-corrected chi connectivity index (χ3v) is 5.04. The highest BCUT2D eigenvalue weighted by molar-refractivity contribution is 8.01. The molecule has 0 saturated heterocycles. The van der Waals surface area contributed by atoms with Crippen molar-refractivity contribution in [3.63, 3.8) is 0 Å². The normalized spacial score (nSPS) is 11.5. The zero-order chi connectivity index (χ0) is 14.6. The van der Waals surface area contributed by atoms with Crippen molar-refractivity contribution in [3.05, 3.63) is 30.1 Å². The van der Waals surface area contributed by atoms with Crippen molar-refractivity contribution in [2.24, 2.45) is 0 Å². The van der Waals surface area contributed by atoms with Crippen LogP contribution in [0.5, 0.6) is 0 Å². The van der Waals surface area contributed by atoms with Gasteiger partial charge in [0.1, 0.15) is 5.82 Å². The van der Waals surface area contributed by atoms with Crippen LogP contribution in [0.3, 0.4) is 0 Å². The second-order valence-corrected chi connectivity index (χ2v) is 7.67. The van der Waals surface area contributed by atoms with E-state index in [0.717, 1.165) is 4.31 Å². The molecule has 0 aromatic heterocycles. The smallest absolute Gasteiger partial charge is 0.304 e. The van der Waals surface area contributed by atoms with Gasteiger partial charge in [-0.05, 0) is 24.1 Å². The number of hydrogen-bond donors (Lipinski definition) is 1. The van der Waals surface area contributed by atoms with Crippen LogP contribution in [0.1, 0.15) is 0 Å². The number of nitrogens with zero attached hydrogens (tertiary/aromatic N) is 1. The van der Waals surface area contributed by atoms with Gasteiger partial charge >= 0.3 is 6.03 Å². The van der Waals surface area contributed by atoms with E-state index in [9.17, 15) is 9.18 Å². The minimum atomic E-state index is -1.59. The Hall–Kier alpha value is -0.0700.